The predicted octanol–water partition coefficient (Wildman–Crippen LogP) is 11.4. The van der Waals surface area contributed by atoms with E-state index < -0.39 is 12.1 Å². The summed E-state index contributed by atoms with van der Waals surface area (Å²) in [5.41, 5.74) is 8.33. The molecule has 0 aromatic heterocycles. The number of halogens is 3. The molecule has 0 aliphatic carbocycles. The van der Waals surface area contributed by atoms with Gasteiger partial charge >= 0.3 is 12.1 Å². The molecule has 0 heterocycles. The van der Waals surface area contributed by atoms with Crippen LogP contribution in [0.25, 0.3) is 0 Å². The van der Waals surface area contributed by atoms with Crippen molar-refractivity contribution in [3.8, 4) is 0 Å². The maximum Gasteiger partial charge on any atom is 0.471 e. The number of carbonyl (C=O) groups excluding carboxylic acids is 1. The number of unbranched alkanes of at least 4 members (excludes halogenated alkanes) is 1. The van der Waals surface area contributed by atoms with Crippen LogP contribution in [-0.4, -0.2) is 30.6 Å². The van der Waals surface area contributed by atoms with Gasteiger partial charge in [-0.2, -0.15) is 13.2 Å². The third-order valence-electron chi connectivity index (χ3n) is 6.99. The molecule has 40 heavy (non-hydrogen) atoms. The lowest BCUT2D eigenvalue weighted by atomic mass is 10.0. The Labute approximate surface area is 243 Å². The number of alkyl halides is 3. The molecule has 0 bridgehead atoms. The zero-order valence-corrected chi connectivity index (χ0v) is 26.6. The topological polar surface area (TPSA) is 20.3 Å². The van der Waals surface area contributed by atoms with Gasteiger partial charge in [0.05, 0.1) is 0 Å². The van der Waals surface area contributed by atoms with Crippen molar-refractivity contribution in [1.82, 2.24) is 4.90 Å². The van der Waals surface area contributed by atoms with E-state index in [0.29, 0.717) is 12.8 Å². The molecule has 0 unspecified atom stereocenters. The van der Waals surface area contributed by atoms with Crippen molar-refractivity contribution < 1.29 is 18.0 Å². The van der Waals surface area contributed by atoms with Gasteiger partial charge in [0.2, 0.25) is 0 Å². The highest BCUT2D eigenvalue weighted by atomic mass is 19.4. The van der Waals surface area contributed by atoms with Crippen molar-refractivity contribution in [1.29, 1.82) is 0 Å². The molecule has 0 aliphatic heterocycles. The number of rotatable bonds is 19. The summed E-state index contributed by atoms with van der Waals surface area (Å²) in [5.74, 6) is -1.78. The van der Waals surface area contributed by atoms with Crippen molar-refractivity contribution in [3.05, 3.63) is 69.9 Å². The Morgan fingerprint density at radius 2 is 0.875 bits per heavy atom. The lowest BCUT2D eigenvalue weighted by molar-refractivity contribution is -0.184. The summed E-state index contributed by atoms with van der Waals surface area (Å²) in [4.78, 5) is 11.9. The zero-order valence-electron chi connectivity index (χ0n) is 26.6. The smallest absolute Gasteiger partial charge is 0.338 e. The average Bonchev–Trinajstić information content (AvgIpc) is 2.85. The van der Waals surface area contributed by atoms with Crippen molar-refractivity contribution in [3.63, 3.8) is 0 Å². The summed E-state index contributed by atoms with van der Waals surface area (Å²) in [6.07, 6.45) is 21.2. The Hall–Kier alpha value is -2.30. The fourth-order valence-electron chi connectivity index (χ4n) is 4.31. The summed E-state index contributed by atoms with van der Waals surface area (Å²) >= 11 is 0. The fourth-order valence-corrected chi connectivity index (χ4v) is 4.31. The highest BCUT2D eigenvalue weighted by Crippen LogP contribution is 2.19. The van der Waals surface area contributed by atoms with Gasteiger partial charge < -0.3 is 4.90 Å². The highest BCUT2D eigenvalue weighted by Gasteiger charge is 2.40. The molecule has 0 aliphatic rings. The van der Waals surface area contributed by atoms with Crippen molar-refractivity contribution in [2.75, 3.05) is 13.6 Å². The third-order valence-corrected chi connectivity index (χ3v) is 6.99. The Morgan fingerprint density at radius 1 is 0.550 bits per heavy atom. The molecule has 0 rings (SSSR count). The molecule has 0 radical (unpaired) electrons. The minimum atomic E-state index is -4.80. The predicted molar refractivity (Wildman–Crippen MR) is 167 cm³/mol. The van der Waals surface area contributed by atoms with Gasteiger partial charge in [-0.1, -0.05) is 69.9 Å². The van der Waals surface area contributed by atoms with Crippen molar-refractivity contribution in [2.45, 2.75) is 132 Å². The molecular formula is C35H56F3NO. The first kappa shape index (κ1) is 37.7. The molecule has 0 aromatic rings. The molecule has 0 aromatic carbocycles. The van der Waals surface area contributed by atoms with Crippen LogP contribution in [0, 0.1) is 0 Å². The Balaban J connectivity index is 4.17. The summed E-state index contributed by atoms with van der Waals surface area (Å²) in [6.45, 7) is 15.3. The second-order valence-electron chi connectivity index (χ2n) is 11.6. The monoisotopic (exact) mass is 563 g/mol. The number of amides is 1. The molecule has 0 spiro atoms. The number of nitrogens with zero attached hydrogens (tertiary/aromatic N) is 1. The minimum Gasteiger partial charge on any atom is -0.338 e. The Morgan fingerprint density at radius 3 is 1.23 bits per heavy atom. The molecule has 0 saturated heterocycles. The summed E-state index contributed by atoms with van der Waals surface area (Å²) in [6, 6.07) is 0. The first-order valence-electron chi connectivity index (χ1n) is 15.0. The molecular weight excluding hydrogens is 507 g/mol. The number of hydrogen-bond donors (Lipinski definition) is 0. The largest absolute Gasteiger partial charge is 0.471 e. The van der Waals surface area contributed by atoms with E-state index in [1.807, 2.05) is 6.92 Å². The van der Waals surface area contributed by atoms with Crippen LogP contribution in [0.15, 0.2) is 69.9 Å². The van der Waals surface area contributed by atoms with Gasteiger partial charge in [-0.05, 0) is 126 Å². The number of hydrogen-bond acceptors (Lipinski definition) is 1. The number of allylic oxidation sites excluding steroid dienone is 12. The first-order valence-corrected chi connectivity index (χ1v) is 15.0. The molecule has 0 saturated carbocycles. The molecule has 5 heteroatoms. The van der Waals surface area contributed by atoms with E-state index in [0.717, 1.165) is 74.7 Å². The van der Waals surface area contributed by atoms with Crippen LogP contribution >= 0.6 is 0 Å². The maximum atomic E-state index is 12.4. The van der Waals surface area contributed by atoms with E-state index in [1.165, 1.54) is 34.9 Å². The summed E-state index contributed by atoms with van der Waals surface area (Å²) in [5, 5.41) is 0. The van der Waals surface area contributed by atoms with Gasteiger partial charge in [-0.25, -0.2) is 0 Å². The summed E-state index contributed by atoms with van der Waals surface area (Å²) < 4.78 is 37.3. The quantitative estimate of drug-likeness (QED) is 0.113. The second kappa shape index (κ2) is 21.4. The first-order chi connectivity index (χ1) is 18.7. The zero-order chi connectivity index (χ0) is 30.6. The van der Waals surface area contributed by atoms with Crippen LogP contribution in [0.5, 0.6) is 0 Å². The van der Waals surface area contributed by atoms with Crippen LogP contribution in [0.3, 0.4) is 0 Å². The van der Waals surface area contributed by atoms with E-state index in [4.69, 9.17) is 0 Å². The fraction of sp³-hybridized carbons (Fsp3) is 0.629. The molecule has 0 fully saturated rings. The lowest BCUT2D eigenvalue weighted by Crippen LogP contribution is -2.38. The normalized spacial score (nSPS) is 14.0. The van der Waals surface area contributed by atoms with Crippen LogP contribution < -0.4 is 0 Å². The highest BCUT2D eigenvalue weighted by molar-refractivity contribution is 5.81. The molecule has 228 valence electrons. The van der Waals surface area contributed by atoms with Gasteiger partial charge in [-0.3, -0.25) is 4.79 Å². The van der Waals surface area contributed by atoms with Crippen LogP contribution in [0.2, 0.25) is 0 Å². The van der Waals surface area contributed by atoms with E-state index in [1.54, 1.807) is 0 Å². The van der Waals surface area contributed by atoms with Gasteiger partial charge in [0, 0.05) is 13.6 Å². The standard InChI is InChI=1S/C35H56F3NO/c1-28(2)16-11-19-31(5)22-12-20-29(3)17-9-10-18-30(4)21-13-23-32(6)24-14-25-33(7)26-15-27-39(8)34(40)35(36,37)38/h16-18,22-23,25H,9-15,19-21,24,26-27H2,1-8H3/b29-17+,30-18+,31-22+,32-23+,33-25+. The third kappa shape index (κ3) is 21.5. The Bertz CT molecular complexity index is 925. The molecule has 2 nitrogen and oxygen atoms in total. The average molecular weight is 564 g/mol. The van der Waals surface area contributed by atoms with Crippen molar-refractivity contribution in [2.24, 2.45) is 0 Å². The van der Waals surface area contributed by atoms with Gasteiger partial charge in [0.1, 0.15) is 0 Å². The van der Waals surface area contributed by atoms with Gasteiger partial charge in [-0.15, -0.1) is 0 Å². The van der Waals surface area contributed by atoms with Crippen LogP contribution in [0.4, 0.5) is 13.2 Å². The minimum absolute atomic E-state index is 0.111. The maximum absolute atomic E-state index is 12.4. The molecule has 1 amide bonds. The van der Waals surface area contributed by atoms with Crippen molar-refractivity contribution >= 4 is 5.91 Å². The van der Waals surface area contributed by atoms with E-state index in [-0.39, 0.29) is 6.54 Å². The molecule has 0 N–H and O–H groups in total. The van der Waals surface area contributed by atoms with Gasteiger partial charge in [0.15, 0.2) is 0 Å². The van der Waals surface area contributed by atoms with Gasteiger partial charge in [0.25, 0.3) is 0 Å². The van der Waals surface area contributed by atoms with E-state index >= 15 is 0 Å². The summed E-state index contributed by atoms with van der Waals surface area (Å²) in [7, 11) is 1.20. The van der Waals surface area contributed by atoms with Crippen LogP contribution in [-0.2, 0) is 4.79 Å². The van der Waals surface area contributed by atoms with E-state index in [9.17, 15) is 18.0 Å². The second-order valence-corrected chi connectivity index (χ2v) is 11.6. The SMILES string of the molecule is CC(C)=CCC/C(C)=C/CC/C(C)=C/CC/C=C(\C)CC/C=C(\C)CC/C=C(\C)CCCN(C)C(=O)C(F)(F)F. The molecule has 0 atom stereocenters. The van der Waals surface area contributed by atoms with E-state index in [2.05, 4.69) is 78.0 Å². The lowest BCUT2D eigenvalue weighted by Gasteiger charge is -2.18. The number of carbonyl (C=O) groups is 1. The van der Waals surface area contributed by atoms with Crippen LogP contribution in [0.1, 0.15) is 126 Å². The Kier molecular flexibility index (Phi) is 20.2.